The number of carbonyl (C=O) groups excluding carboxylic acids is 1. The monoisotopic (exact) mass is 271 g/mol. The highest BCUT2D eigenvalue weighted by molar-refractivity contribution is 5.84. The quantitative estimate of drug-likeness (QED) is 0.683. The molecule has 112 valence electrons. The Morgan fingerprint density at radius 2 is 2.26 bits per heavy atom. The summed E-state index contributed by atoms with van der Waals surface area (Å²) >= 11 is 0. The Morgan fingerprint density at radius 3 is 2.68 bits per heavy atom. The van der Waals surface area contributed by atoms with Crippen LogP contribution in [0.3, 0.4) is 0 Å². The van der Waals surface area contributed by atoms with Crippen LogP contribution in [0.25, 0.3) is 0 Å². The first kappa shape index (κ1) is 16.4. The molecule has 1 saturated heterocycles. The van der Waals surface area contributed by atoms with Gasteiger partial charge in [0.2, 0.25) is 5.91 Å². The molecule has 5 heteroatoms. The average Bonchev–Trinajstić information content (AvgIpc) is 2.79. The molecule has 1 heterocycles. The molecule has 0 saturated carbocycles. The summed E-state index contributed by atoms with van der Waals surface area (Å²) in [7, 11) is 0. The van der Waals surface area contributed by atoms with Gasteiger partial charge in [-0.05, 0) is 40.2 Å². The van der Waals surface area contributed by atoms with Gasteiger partial charge in [-0.15, -0.1) is 0 Å². The Labute approximate surface area is 116 Å². The number of hydrogen-bond acceptors (Lipinski definition) is 4. The Balaban J connectivity index is 2.60. The van der Waals surface area contributed by atoms with E-state index in [1.54, 1.807) is 0 Å². The number of hydrogen-bond donors (Lipinski definition) is 2. The maximum absolute atomic E-state index is 11.7. The summed E-state index contributed by atoms with van der Waals surface area (Å²) in [5.74, 6) is -0.299. The molecule has 1 fully saturated rings. The SMILES string of the molecule is CCN(CC1CCCO1)CC(C)(NC(C)C)C(N)=O. The second kappa shape index (κ2) is 7.22. The van der Waals surface area contributed by atoms with Crippen LogP contribution in [-0.4, -0.2) is 54.7 Å². The van der Waals surface area contributed by atoms with Gasteiger partial charge in [-0.1, -0.05) is 6.92 Å². The van der Waals surface area contributed by atoms with Crippen LogP contribution in [0.4, 0.5) is 0 Å². The van der Waals surface area contributed by atoms with Gasteiger partial charge < -0.3 is 15.8 Å². The summed E-state index contributed by atoms with van der Waals surface area (Å²) in [5.41, 5.74) is 4.88. The van der Waals surface area contributed by atoms with Crippen LogP contribution < -0.4 is 11.1 Å². The van der Waals surface area contributed by atoms with Crippen molar-refractivity contribution in [2.24, 2.45) is 5.73 Å². The summed E-state index contributed by atoms with van der Waals surface area (Å²) < 4.78 is 5.66. The van der Waals surface area contributed by atoms with Crippen molar-refractivity contribution in [2.45, 2.75) is 58.2 Å². The van der Waals surface area contributed by atoms with E-state index >= 15 is 0 Å². The largest absolute Gasteiger partial charge is 0.377 e. The number of nitrogens with zero attached hydrogens (tertiary/aromatic N) is 1. The van der Waals surface area contributed by atoms with Gasteiger partial charge >= 0.3 is 0 Å². The molecular weight excluding hydrogens is 242 g/mol. The van der Waals surface area contributed by atoms with Crippen LogP contribution in [0.1, 0.15) is 40.5 Å². The van der Waals surface area contributed by atoms with Gasteiger partial charge in [0, 0.05) is 25.7 Å². The fraction of sp³-hybridized carbons (Fsp3) is 0.929. The van der Waals surface area contributed by atoms with Gasteiger partial charge in [0.05, 0.1) is 6.10 Å². The van der Waals surface area contributed by atoms with Gasteiger partial charge in [0.25, 0.3) is 0 Å². The summed E-state index contributed by atoms with van der Waals surface area (Å²) in [6.45, 7) is 11.3. The highest BCUT2D eigenvalue weighted by Crippen LogP contribution is 2.15. The van der Waals surface area contributed by atoms with E-state index in [2.05, 4.69) is 17.1 Å². The maximum Gasteiger partial charge on any atom is 0.238 e. The predicted molar refractivity (Wildman–Crippen MR) is 77.0 cm³/mol. The van der Waals surface area contributed by atoms with Crippen molar-refractivity contribution < 1.29 is 9.53 Å². The third-order valence-electron chi connectivity index (χ3n) is 3.62. The van der Waals surface area contributed by atoms with Crippen molar-refractivity contribution in [3.05, 3.63) is 0 Å². The van der Waals surface area contributed by atoms with Crippen molar-refractivity contribution in [3.63, 3.8) is 0 Å². The van der Waals surface area contributed by atoms with Crippen molar-refractivity contribution in [1.29, 1.82) is 0 Å². The van der Waals surface area contributed by atoms with Gasteiger partial charge in [-0.25, -0.2) is 0 Å². The topological polar surface area (TPSA) is 67.6 Å². The number of ether oxygens (including phenoxy) is 1. The summed E-state index contributed by atoms with van der Waals surface area (Å²) in [6.07, 6.45) is 2.55. The van der Waals surface area contributed by atoms with E-state index in [1.165, 1.54) is 0 Å². The molecule has 2 unspecified atom stereocenters. The lowest BCUT2D eigenvalue weighted by atomic mass is 9.99. The Morgan fingerprint density at radius 1 is 1.58 bits per heavy atom. The molecule has 19 heavy (non-hydrogen) atoms. The van der Waals surface area contributed by atoms with Crippen LogP contribution in [0.5, 0.6) is 0 Å². The molecule has 1 aliphatic rings. The normalized spacial score (nSPS) is 22.9. The Hall–Kier alpha value is -0.650. The third-order valence-corrected chi connectivity index (χ3v) is 3.62. The fourth-order valence-electron chi connectivity index (χ4n) is 2.66. The molecule has 5 nitrogen and oxygen atoms in total. The molecule has 0 spiro atoms. The lowest BCUT2D eigenvalue weighted by molar-refractivity contribution is -0.125. The van der Waals surface area contributed by atoms with Crippen molar-refractivity contribution in [2.75, 3.05) is 26.2 Å². The van der Waals surface area contributed by atoms with Gasteiger partial charge in [0.1, 0.15) is 5.54 Å². The lowest BCUT2D eigenvalue weighted by Crippen LogP contribution is -2.61. The van der Waals surface area contributed by atoms with Gasteiger partial charge in [0.15, 0.2) is 0 Å². The van der Waals surface area contributed by atoms with E-state index < -0.39 is 5.54 Å². The summed E-state index contributed by atoms with van der Waals surface area (Å²) in [5, 5.41) is 3.29. The maximum atomic E-state index is 11.7. The predicted octanol–water partition coefficient (Wildman–Crippen LogP) is 0.729. The summed E-state index contributed by atoms with van der Waals surface area (Å²) in [4.78, 5) is 14.0. The first-order valence-electron chi connectivity index (χ1n) is 7.29. The molecular formula is C14H29N3O2. The Kier molecular flexibility index (Phi) is 6.23. The number of rotatable bonds is 8. The van der Waals surface area contributed by atoms with Gasteiger partial charge in [-0.3, -0.25) is 9.69 Å². The number of likely N-dealkylation sites (N-methyl/N-ethyl adjacent to an activating group) is 1. The zero-order valence-corrected chi connectivity index (χ0v) is 12.7. The Bertz CT molecular complexity index is 290. The number of nitrogens with two attached hydrogens (primary N) is 1. The molecule has 2 atom stereocenters. The van der Waals surface area contributed by atoms with Crippen molar-refractivity contribution >= 4 is 5.91 Å². The minimum absolute atomic E-state index is 0.221. The number of carbonyl (C=O) groups is 1. The second-order valence-electron chi connectivity index (χ2n) is 5.96. The first-order chi connectivity index (χ1) is 8.87. The molecule has 1 amide bonds. The zero-order valence-electron chi connectivity index (χ0n) is 12.7. The molecule has 1 rings (SSSR count). The number of primary amides is 1. The third kappa shape index (κ3) is 5.09. The van der Waals surface area contributed by atoms with Crippen LogP contribution >= 0.6 is 0 Å². The van der Waals surface area contributed by atoms with Crippen LogP contribution in [-0.2, 0) is 9.53 Å². The molecule has 0 radical (unpaired) electrons. The highest BCUT2D eigenvalue weighted by atomic mass is 16.5. The van der Waals surface area contributed by atoms with Crippen LogP contribution in [0.15, 0.2) is 0 Å². The number of amides is 1. The van der Waals surface area contributed by atoms with E-state index in [0.29, 0.717) is 12.6 Å². The molecule has 0 aromatic carbocycles. The minimum atomic E-state index is -0.692. The molecule has 0 aromatic rings. The van der Waals surface area contributed by atoms with Crippen LogP contribution in [0.2, 0.25) is 0 Å². The second-order valence-corrected chi connectivity index (χ2v) is 5.96. The molecule has 1 aliphatic heterocycles. The fourth-order valence-corrected chi connectivity index (χ4v) is 2.66. The highest BCUT2D eigenvalue weighted by Gasteiger charge is 2.34. The molecule has 0 aliphatic carbocycles. The number of nitrogens with one attached hydrogen (secondary N) is 1. The van der Waals surface area contributed by atoms with E-state index in [4.69, 9.17) is 10.5 Å². The van der Waals surface area contributed by atoms with E-state index in [0.717, 1.165) is 32.5 Å². The smallest absolute Gasteiger partial charge is 0.238 e. The first-order valence-corrected chi connectivity index (χ1v) is 7.29. The van der Waals surface area contributed by atoms with E-state index in [1.807, 2.05) is 20.8 Å². The van der Waals surface area contributed by atoms with Crippen molar-refractivity contribution in [1.82, 2.24) is 10.2 Å². The van der Waals surface area contributed by atoms with Crippen LogP contribution in [0, 0.1) is 0 Å². The van der Waals surface area contributed by atoms with Crippen molar-refractivity contribution in [3.8, 4) is 0 Å². The van der Waals surface area contributed by atoms with E-state index in [-0.39, 0.29) is 11.9 Å². The molecule has 0 bridgehead atoms. The molecule has 0 aromatic heterocycles. The lowest BCUT2D eigenvalue weighted by Gasteiger charge is -2.35. The molecule has 3 N–H and O–H groups in total. The minimum Gasteiger partial charge on any atom is -0.377 e. The standard InChI is InChI=1S/C14H29N3O2/c1-5-17(9-12-7-6-8-19-12)10-14(4,13(15)18)16-11(2)3/h11-12,16H,5-10H2,1-4H3,(H2,15,18). The summed E-state index contributed by atoms with van der Waals surface area (Å²) in [6, 6.07) is 0.221. The van der Waals surface area contributed by atoms with Gasteiger partial charge in [-0.2, -0.15) is 0 Å². The average molecular weight is 271 g/mol. The van der Waals surface area contributed by atoms with E-state index in [9.17, 15) is 4.79 Å². The zero-order chi connectivity index (χ0) is 14.5.